The molecule has 0 aliphatic heterocycles. The van der Waals surface area contributed by atoms with Crippen LogP contribution in [0.15, 0.2) is 48.5 Å². The van der Waals surface area contributed by atoms with Crippen molar-refractivity contribution in [2.45, 2.75) is 13.2 Å². The molecule has 0 radical (unpaired) electrons. The van der Waals surface area contributed by atoms with Gasteiger partial charge in [0.2, 0.25) is 0 Å². The zero-order valence-corrected chi connectivity index (χ0v) is 16.3. The molecule has 7 nitrogen and oxygen atoms in total. The van der Waals surface area contributed by atoms with Crippen LogP contribution in [0.3, 0.4) is 0 Å². The number of hydrogen-bond acceptors (Lipinski definition) is 4. The van der Waals surface area contributed by atoms with Crippen LogP contribution >= 0.6 is 0 Å². The average Bonchev–Trinajstić information content (AvgIpc) is 3.10. The second-order valence-electron chi connectivity index (χ2n) is 6.95. The van der Waals surface area contributed by atoms with Crippen molar-refractivity contribution < 1.29 is 9.53 Å². The van der Waals surface area contributed by atoms with Crippen LogP contribution in [0.4, 0.5) is 0 Å². The van der Waals surface area contributed by atoms with Gasteiger partial charge in [-0.25, -0.2) is 0 Å². The average molecular weight is 379 g/mol. The minimum Gasteiger partial charge on any atom is -0.487 e. The van der Waals surface area contributed by atoms with Gasteiger partial charge in [0.15, 0.2) is 5.96 Å². The first-order chi connectivity index (χ1) is 13.4. The van der Waals surface area contributed by atoms with Gasteiger partial charge in [-0.2, -0.15) is 0 Å². The summed E-state index contributed by atoms with van der Waals surface area (Å²) in [4.78, 5) is 18.7. The van der Waals surface area contributed by atoms with Gasteiger partial charge < -0.3 is 20.4 Å². The molecule has 0 spiro atoms. The van der Waals surface area contributed by atoms with E-state index in [9.17, 15) is 4.79 Å². The number of H-pyrrole nitrogens is 1. The minimum atomic E-state index is -0.369. The Labute approximate surface area is 164 Å². The van der Waals surface area contributed by atoms with E-state index in [4.69, 9.17) is 15.9 Å². The highest BCUT2D eigenvalue weighted by molar-refractivity contribution is 6.06. The van der Waals surface area contributed by atoms with E-state index >= 15 is 0 Å². The summed E-state index contributed by atoms with van der Waals surface area (Å²) in [6, 6.07) is 15.6. The smallest absolute Gasteiger partial charge is 0.276 e. The molecule has 0 aliphatic carbocycles. The highest BCUT2D eigenvalue weighted by Crippen LogP contribution is 2.27. The molecule has 0 unspecified atom stereocenters. The predicted octanol–water partition coefficient (Wildman–Crippen LogP) is 2.77. The van der Waals surface area contributed by atoms with Gasteiger partial charge in [0.25, 0.3) is 5.91 Å². The van der Waals surface area contributed by atoms with E-state index in [2.05, 4.69) is 22.0 Å². The maximum atomic E-state index is 12.4. The lowest BCUT2D eigenvalue weighted by molar-refractivity contribution is 0.0864. The number of nitrogens with one attached hydrogen (secondary N) is 2. The van der Waals surface area contributed by atoms with Gasteiger partial charge >= 0.3 is 0 Å². The zero-order chi connectivity index (χ0) is 20.3. The monoisotopic (exact) mass is 379 g/mol. The van der Waals surface area contributed by atoms with Gasteiger partial charge in [0.1, 0.15) is 18.1 Å². The molecule has 0 aliphatic rings. The molecule has 146 valence electrons. The van der Waals surface area contributed by atoms with Crippen LogP contribution in [0.5, 0.6) is 5.75 Å². The zero-order valence-electron chi connectivity index (χ0n) is 16.3. The van der Waals surface area contributed by atoms with Crippen LogP contribution in [0.1, 0.15) is 21.6 Å². The highest BCUT2D eigenvalue weighted by atomic mass is 16.5. The van der Waals surface area contributed by atoms with Crippen LogP contribution < -0.4 is 10.5 Å². The molecule has 3 rings (SSSR count). The third-order valence-electron chi connectivity index (χ3n) is 4.50. The Balaban J connectivity index is 1.85. The summed E-state index contributed by atoms with van der Waals surface area (Å²) in [6.07, 6.45) is 0. The maximum absolute atomic E-state index is 12.4. The van der Waals surface area contributed by atoms with Crippen molar-refractivity contribution in [2.24, 2.45) is 5.73 Å². The van der Waals surface area contributed by atoms with Crippen LogP contribution in [-0.2, 0) is 13.2 Å². The second kappa shape index (κ2) is 8.14. The summed E-state index contributed by atoms with van der Waals surface area (Å²) in [5.41, 5.74) is 8.84. The number of ether oxygens (including phenoxy) is 1. The van der Waals surface area contributed by atoms with E-state index in [1.165, 1.54) is 12.6 Å². The number of nitrogens with two attached hydrogens (primary N) is 1. The fourth-order valence-electron chi connectivity index (χ4n) is 3.00. The maximum Gasteiger partial charge on any atom is 0.276 e. The number of aromatic nitrogens is 1. The quantitative estimate of drug-likeness (QED) is 0.453. The van der Waals surface area contributed by atoms with Gasteiger partial charge in [-0.15, -0.1) is 0 Å². The van der Waals surface area contributed by atoms with Crippen LogP contribution in [0.25, 0.3) is 10.9 Å². The topological polar surface area (TPSA) is 98.4 Å². The highest BCUT2D eigenvalue weighted by Gasteiger charge is 2.17. The lowest BCUT2D eigenvalue weighted by Crippen LogP contribution is -2.38. The Bertz CT molecular complexity index is 1010. The number of carbonyl (C=O) groups is 1. The molecule has 2 aromatic carbocycles. The molecule has 0 atom stereocenters. The Morgan fingerprint density at radius 2 is 1.82 bits per heavy atom. The van der Waals surface area contributed by atoms with Crippen LogP contribution in [0.2, 0.25) is 0 Å². The van der Waals surface area contributed by atoms with Crippen molar-refractivity contribution in [2.75, 3.05) is 21.1 Å². The molecule has 7 heteroatoms. The van der Waals surface area contributed by atoms with Crippen LogP contribution in [-0.4, -0.2) is 47.8 Å². The predicted molar refractivity (Wildman–Crippen MR) is 110 cm³/mol. The number of para-hydroxylation sites is 1. The number of carbonyl (C=O) groups excluding carboxylic acids is 1. The molecule has 4 N–H and O–H groups in total. The summed E-state index contributed by atoms with van der Waals surface area (Å²) in [5.74, 6) is -0.00899. The number of rotatable bonds is 6. The van der Waals surface area contributed by atoms with Crippen molar-refractivity contribution >= 4 is 22.8 Å². The summed E-state index contributed by atoms with van der Waals surface area (Å²) >= 11 is 0. The standard InChI is InChI=1S/C21H25N5O2/c1-25(2)12-15-7-4-5-8-16(15)13-28-18-10-6-9-14-11-17(24-19(14)18)20(27)26(3)21(22)23/h4-11,24H,12-13H2,1-3H3,(H3,22,23). The molecular formula is C21H25N5O2. The van der Waals surface area contributed by atoms with E-state index in [-0.39, 0.29) is 11.9 Å². The van der Waals surface area contributed by atoms with Crippen molar-refractivity contribution in [1.82, 2.24) is 14.8 Å². The number of hydrogen-bond donors (Lipinski definition) is 3. The molecule has 28 heavy (non-hydrogen) atoms. The third-order valence-corrected chi connectivity index (χ3v) is 4.50. The lowest BCUT2D eigenvalue weighted by atomic mass is 10.1. The van der Waals surface area contributed by atoms with Gasteiger partial charge in [0, 0.05) is 19.0 Å². The van der Waals surface area contributed by atoms with Gasteiger partial charge in [-0.3, -0.25) is 15.1 Å². The van der Waals surface area contributed by atoms with E-state index in [0.717, 1.165) is 27.9 Å². The van der Waals surface area contributed by atoms with E-state index in [0.29, 0.717) is 18.1 Å². The number of amides is 1. The molecule has 3 aromatic rings. The molecule has 0 saturated heterocycles. The van der Waals surface area contributed by atoms with Crippen molar-refractivity contribution in [3.63, 3.8) is 0 Å². The number of aromatic amines is 1. The van der Waals surface area contributed by atoms with E-state index in [1.807, 2.05) is 44.4 Å². The second-order valence-corrected chi connectivity index (χ2v) is 6.95. The summed E-state index contributed by atoms with van der Waals surface area (Å²) < 4.78 is 6.09. The largest absolute Gasteiger partial charge is 0.487 e. The lowest BCUT2D eigenvalue weighted by Gasteiger charge is -2.15. The fourth-order valence-corrected chi connectivity index (χ4v) is 3.00. The molecule has 1 heterocycles. The number of fused-ring (bicyclic) bond motifs is 1. The van der Waals surface area contributed by atoms with Crippen molar-refractivity contribution in [1.29, 1.82) is 5.41 Å². The van der Waals surface area contributed by atoms with Crippen molar-refractivity contribution in [3.8, 4) is 5.75 Å². The Morgan fingerprint density at radius 1 is 1.11 bits per heavy atom. The minimum absolute atomic E-state index is 0.308. The number of guanidine groups is 1. The normalized spacial score (nSPS) is 11.0. The van der Waals surface area contributed by atoms with Crippen LogP contribution in [0, 0.1) is 5.41 Å². The third kappa shape index (κ3) is 4.15. The first-order valence-electron chi connectivity index (χ1n) is 8.95. The Hall–Kier alpha value is -3.32. The first-order valence-corrected chi connectivity index (χ1v) is 8.95. The summed E-state index contributed by atoms with van der Waals surface area (Å²) in [5, 5.41) is 8.29. The molecule has 1 amide bonds. The van der Waals surface area contributed by atoms with E-state index in [1.54, 1.807) is 6.07 Å². The number of benzene rings is 2. The van der Waals surface area contributed by atoms with Gasteiger partial charge in [-0.05, 0) is 37.4 Å². The fraction of sp³-hybridized carbons (Fsp3) is 0.238. The Kier molecular flexibility index (Phi) is 5.65. The van der Waals surface area contributed by atoms with Gasteiger partial charge in [-0.1, -0.05) is 36.4 Å². The number of nitrogens with zero attached hydrogens (tertiary/aromatic N) is 2. The SMILES string of the molecule is CN(C)Cc1ccccc1COc1cccc2cc(C(=O)N(C)C(=N)N)[nH]c12. The molecule has 0 fully saturated rings. The molecule has 0 bridgehead atoms. The molecular weight excluding hydrogens is 354 g/mol. The molecule has 0 saturated carbocycles. The van der Waals surface area contributed by atoms with E-state index < -0.39 is 0 Å². The summed E-state index contributed by atoms with van der Waals surface area (Å²) in [7, 11) is 5.54. The summed E-state index contributed by atoms with van der Waals surface area (Å²) in [6.45, 7) is 1.26. The van der Waals surface area contributed by atoms with Crippen molar-refractivity contribution in [3.05, 3.63) is 65.4 Å². The molecule has 1 aromatic heterocycles. The van der Waals surface area contributed by atoms with Gasteiger partial charge in [0.05, 0.1) is 5.52 Å². The first kappa shape index (κ1) is 19.4. The Morgan fingerprint density at radius 3 is 2.50 bits per heavy atom.